The zero-order valence-electron chi connectivity index (χ0n) is 14.9. The lowest BCUT2D eigenvalue weighted by atomic mass is 9.84. The summed E-state index contributed by atoms with van der Waals surface area (Å²) < 4.78 is 0. The lowest BCUT2D eigenvalue weighted by molar-refractivity contribution is -0.133. The van der Waals surface area contributed by atoms with E-state index in [1.807, 2.05) is 0 Å². The van der Waals surface area contributed by atoms with Gasteiger partial charge in [-0.05, 0) is 36.1 Å². The number of nitrogens with zero attached hydrogens (tertiary/aromatic N) is 2. The van der Waals surface area contributed by atoms with Crippen LogP contribution in [-0.4, -0.2) is 41.4 Å². The molecule has 130 valence electrons. The summed E-state index contributed by atoms with van der Waals surface area (Å²) in [6, 6.07) is 19.8. The van der Waals surface area contributed by atoms with E-state index in [9.17, 15) is 4.79 Å². The van der Waals surface area contributed by atoms with Gasteiger partial charge in [-0.2, -0.15) is 0 Å². The Hall–Kier alpha value is -2.13. The normalized spacial score (nSPS) is 19.8. The SMILES string of the molecule is CCN(CC(=O)N1Cc2ccccc2[C@H](c2ccccc2)C1)C1CC1. The summed E-state index contributed by atoms with van der Waals surface area (Å²) in [5.74, 6) is 0.537. The fraction of sp³-hybridized carbons (Fsp3) is 0.409. The molecule has 0 bridgehead atoms. The molecule has 0 saturated heterocycles. The second-order valence-electron chi connectivity index (χ2n) is 7.23. The van der Waals surface area contributed by atoms with Crippen molar-refractivity contribution in [1.82, 2.24) is 9.80 Å². The molecule has 1 aliphatic carbocycles. The summed E-state index contributed by atoms with van der Waals surface area (Å²) in [4.78, 5) is 17.4. The third kappa shape index (κ3) is 3.47. The van der Waals surface area contributed by atoms with E-state index < -0.39 is 0 Å². The number of hydrogen-bond donors (Lipinski definition) is 0. The number of hydrogen-bond acceptors (Lipinski definition) is 2. The first-order valence-corrected chi connectivity index (χ1v) is 9.41. The summed E-state index contributed by atoms with van der Waals surface area (Å²) in [7, 11) is 0. The topological polar surface area (TPSA) is 23.6 Å². The van der Waals surface area contributed by atoms with Crippen molar-refractivity contribution in [3.05, 3.63) is 71.3 Å². The average Bonchev–Trinajstić information content (AvgIpc) is 3.51. The maximum atomic E-state index is 13.0. The van der Waals surface area contributed by atoms with Crippen molar-refractivity contribution in [1.29, 1.82) is 0 Å². The van der Waals surface area contributed by atoms with Gasteiger partial charge in [-0.25, -0.2) is 0 Å². The van der Waals surface area contributed by atoms with E-state index in [4.69, 9.17) is 0 Å². The van der Waals surface area contributed by atoms with Gasteiger partial charge in [0.15, 0.2) is 0 Å². The maximum absolute atomic E-state index is 13.0. The predicted molar refractivity (Wildman–Crippen MR) is 100 cm³/mol. The molecule has 0 N–H and O–H groups in total. The minimum atomic E-state index is 0.268. The van der Waals surface area contributed by atoms with Crippen LogP contribution in [0.1, 0.15) is 42.4 Å². The van der Waals surface area contributed by atoms with E-state index >= 15 is 0 Å². The van der Waals surface area contributed by atoms with E-state index in [0.29, 0.717) is 12.6 Å². The summed E-state index contributed by atoms with van der Waals surface area (Å²) in [5, 5.41) is 0. The molecule has 3 heteroatoms. The lowest BCUT2D eigenvalue weighted by Gasteiger charge is -2.36. The highest BCUT2D eigenvalue weighted by Crippen LogP contribution is 2.34. The van der Waals surface area contributed by atoms with Crippen molar-refractivity contribution < 1.29 is 4.79 Å². The Balaban J connectivity index is 1.58. The number of fused-ring (bicyclic) bond motifs is 1. The van der Waals surface area contributed by atoms with Crippen molar-refractivity contribution in [3.63, 3.8) is 0 Å². The Morgan fingerprint density at radius 2 is 1.80 bits per heavy atom. The van der Waals surface area contributed by atoms with Gasteiger partial charge in [-0.1, -0.05) is 61.5 Å². The minimum Gasteiger partial charge on any atom is -0.336 e. The van der Waals surface area contributed by atoms with Gasteiger partial charge >= 0.3 is 0 Å². The smallest absolute Gasteiger partial charge is 0.237 e. The van der Waals surface area contributed by atoms with Crippen molar-refractivity contribution in [2.45, 2.75) is 38.3 Å². The van der Waals surface area contributed by atoms with E-state index in [1.165, 1.54) is 29.5 Å². The average molecular weight is 334 g/mol. The van der Waals surface area contributed by atoms with Crippen molar-refractivity contribution >= 4 is 5.91 Å². The molecule has 1 aliphatic heterocycles. The Bertz CT molecular complexity index is 739. The number of benzene rings is 2. The molecule has 0 aromatic heterocycles. The number of carbonyl (C=O) groups is 1. The Morgan fingerprint density at radius 3 is 2.52 bits per heavy atom. The van der Waals surface area contributed by atoms with Crippen LogP contribution in [0.15, 0.2) is 54.6 Å². The summed E-state index contributed by atoms with van der Waals surface area (Å²) in [6.45, 7) is 5.19. The highest BCUT2D eigenvalue weighted by Gasteiger charge is 2.33. The highest BCUT2D eigenvalue weighted by molar-refractivity contribution is 5.79. The second-order valence-corrected chi connectivity index (χ2v) is 7.23. The Kier molecular flexibility index (Phi) is 4.58. The van der Waals surface area contributed by atoms with E-state index in [-0.39, 0.29) is 11.8 Å². The van der Waals surface area contributed by atoms with Gasteiger partial charge in [-0.3, -0.25) is 9.69 Å². The van der Waals surface area contributed by atoms with Crippen LogP contribution in [0.3, 0.4) is 0 Å². The van der Waals surface area contributed by atoms with E-state index in [0.717, 1.165) is 19.6 Å². The molecule has 1 heterocycles. The number of rotatable bonds is 5. The number of likely N-dealkylation sites (N-methyl/N-ethyl adjacent to an activating group) is 1. The monoisotopic (exact) mass is 334 g/mol. The quantitative estimate of drug-likeness (QED) is 0.833. The predicted octanol–water partition coefficient (Wildman–Crippen LogP) is 3.65. The van der Waals surface area contributed by atoms with Crippen LogP contribution in [0, 0.1) is 0 Å². The minimum absolute atomic E-state index is 0.268. The molecular weight excluding hydrogens is 308 g/mol. The van der Waals surface area contributed by atoms with E-state index in [2.05, 4.69) is 71.3 Å². The molecule has 3 nitrogen and oxygen atoms in total. The van der Waals surface area contributed by atoms with Gasteiger partial charge in [0.25, 0.3) is 0 Å². The summed E-state index contributed by atoms with van der Waals surface area (Å²) in [6.07, 6.45) is 2.49. The zero-order chi connectivity index (χ0) is 17.2. The fourth-order valence-electron chi connectivity index (χ4n) is 3.98. The standard InChI is InChI=1S/C22H26N2O/c1-2-23(19-12-13-19)16-22(25)24-14-18-10-6-7-11-20(18)21(15-24)17-8-4-3-5-9-17/h3-11,19,21H,2,12-16H2,1H3/t21-/m0/s1. The molecule has 1 amide bonds. The summed E-state index contributed by atoms with van der Waals surface area (Å²) >= 11 is 0. The van der Waals surface area contributed by atoms with Gasteiger partial charge in [0.1, 0.15) is 0 Å². The third-order valence-electron chi connectivity index (χ3n) is 5.56. The molecule has 1 saturated carbocycles. The van der Waals surface area contributed by atoms with Crippen LogP contribution in [0.4, 0.5) is 0 Å². The van der Waals surface area contributed by atoms with Gasteiger partial charge in [0.05, 0.1) is 6.54 Å². The van der Waals surface area contributed by atoms with Crippen LogP contribution in [-0.2, 0) is 11.3 Å². The molecule has 4 rings (SSSR count). The summed E-state index contributed by atoms with van der Waals surface area (Å²) in [5.41, 5.74) is 3.94. The van der Waals surface area contributed by atoms with E-state index in [1.54, 1.807) is 0 Å². The van der Waals surface area contributed by atoms with Crippen LogP contribution < -0.4 is 0 Å². The number of carbonyl (C=O) groups excluding carboxylic acids is 1. The molecule has 2 aliphatic rings. The zero-order valence-corrected chi connectivity index (χ0v) is 14.9. The van der Waals surface area contributed by atoms with Gasteiger partial charge in [0, 0.05) is 25.0 Å². The molecule has 2 aromatic carbocycles. The maximum Gasteiger partial charge on any atom is 0.237 e. The third-order valence-corrected chi connectivity index (χ3v) is 5.56. The second kappa shape index (κ2) is 7.01. The molecule has 0 radical (unpaired) electrons. The largest absolute Gasteiger partial charge is 0.336 e. The van der Waals surface area contributed by atoms with Crippen molar-refractivity contribution in [2.24, 2.45) is 0 Å². The van der Waals surface area contributed by atoms with Crippen LogP contribution in [0.25, 0.3) is 0 Å². The molecule has 25 heavy (non-hydrogen) atoms. The molecule has 0 unspecified atom stereocenters. The molecule has 0 spiro atoms. The van der Waals surface area contributed by atoms with Gasteiger partial charge in [0.2, 0.25) is 5.91 Å². The Labute approximate surface area is 150 Å². The molecule has 2 aromatic rings. The Morgan fingerprint density at radius 1 is 1.08 bits per heavy atom. The molecule has 1 fully saturated rings. The number of amides is 1. The van der Waals surface area contributed by atoms with Crippen molar-refractivity contribution in [3.8, 4) is 0 Å². The van der Waals surface area contributed by atoms with Gasteiger partial charge < -0.3 is 4.90 Å². The first-order valence-electron chi connectivity index (χ1n) is 9.41. The van der Waals surface area contributed by atoms with Crippen LogP contribution in [0.2, 0.25) is 0 Å². The van der Waals surface area contributed by atoms with Gasteiger partial charge in [-0.15, -0.1) is 0 Å². The molecule has 1 atom stereocenters. The fourth-order valence-corrected chi connectivity index (χ4v) is 3.98. The van der Waals surface area contributed by atoms with Crippen molar-refractivity contribution in [2.75, 3.05) is 19.6 Å². The lowest BCUT2D eigenvalue weighted by Crippen LogP contribution is -2.44. The van der Waals surface area contributed by atoms with Crippen LogP contribution in [0.5, 0.6) is 0 Å². The molecular formula is C22H26N2O. The first-order chi connectivity index (χ1) is 12.3. The highest BCUT2D eigenvalue weighted by atomic mass is 16.2. The first kappa shape index (κ1) is 16.3. The van der Waals surface area contributed by atoms with Crippen LogP contribution >= 0.6 is 0 Å².